The molecule has 33 heavy (non-hydrogen) atoms. The molecule has 3 N–H and O–H groups in total. The molecule has 0 aliphatic carbocycles. The molecule has 0 aliphatic heterocycles. The molecule has 0 bridgehead atoms. The lowest BCUT2D eigenvalue weighted by atomic mass is 9.81. The van der Waals surface area contributed by atoms with Crippen molar-refractivity contribution in [2.45, 2.75) is 54.6 Å². The maximum Gasteiger partial charge on any atom is 0.430 e. The Hall–Kier alpha value is -1.95. The minimum Gasteiger partial charge on any atom is -0.376 e. The average molecular weight is 522 g/mol. The van der Waals surface area contributed by atoms with E-state index in [1.807, 2.05) is 0 Å². The van der Waals surface area contributed by atoms with Crippen molar-refractivity contribution in [2.75, 3.05) is 0 Å². The average Bonchev–Trinajstić information content (AvgIpc) is 2.54. The second-order valence-corrected chi connectivity index (χ2v) is 6.78. The zero-order valence-electron chi connectivity index (χ0n) is 15.2. The number of hydrogen-bond donors (Lipinski definition) is 3. The van der Waals surface area contributed by atoms with Gasteiger partial charge in [0.2, 0.25) is 0 Å². The van der Waals surface area contributed by atoms with Crippen LogP contribution in [0.2, 0.25) is 0 Å². The van der Waals surface area contributed by atoms with Crippen molar-refractivity contribution in [2.24, 2.45) is 0 Å². The fourth-order valence-electron chi connectivity index (χ4n) is 2.47. The molecule has 18 heteroatoms. The topological polar surface area (TPSA) is 60.7 Å². The third kappa shape index (κ3) is 4.43. The summed E-state index contributed by atoms with van der Waals surface area (Å²) in [5, 5.41) is 28.1. The number of halogens is 15. The Labute approximate surface area is 172 Å². The van der Waals surface area contributed by atoms with Crippen LogP contribution in [0.25, 0.3) is 0 Å². The minimum atomic E-state index is -6.96. The van der Waals surface area contributed by atoms with Crippen LogP contribution in [0.3, 0.4) is 0 Å². The third-order valence-electron chi connectivity index (χ3n) is 4.52. The predicted molar refractivity (Wildman–Crippen MR) is 74.1 cm³/mol. The second-order valence-electron chi connectivity index (χ2n) is 6.78. The highest BCUT2D eigenvalue weighted by atomic mass is 19.4. The van der Waals surface area contributed by atoms with Gasteiger partial charge in [-0.25, -0.2) is 0 Å². The van der Waals surface area contributed by atoms with Crippen LogP contribution in [0, 0.1) is 0 Å². The fourth-order valence-corrected chi connectivity index (χ4v) is 2.47. The highest BCUT2D eigenvalue weighted by Gasteiger charge is 2.74. The van der Waals surface area contributed by atoms with E-state index < -0.39 is 89.5 Å². The first-order chi connectivity index (χ1) is 14.1. The smallest absolute Gasteiger partial charge is 0.376 e. The lowest BCUT2D eigenvalue weighted by molar-refractivity contribution is -0.378. The van der Waals surface area contributed by atoms with Crippen molar-refractivity contribution in [3.05, 3.63) is 34.9 Å². The van der Waals surface area contributed by atoms with E-state index in [0.717, 1.165) is 0 Å². The van der Waals surface area contributed by atoms with E-state index in [4.69, 9.17) is 0 Å². The summed E-state index contributed by atoms with van der Waals surface area (Å²) in [5.74, 6) is 0. The fraction of sp³-hybridized carbons (Fsp3) is 0.600. The molecule has 0 saturated carbocycles. The summed E-state index contributed by atoms with van der Waals surface area (Å²) in [6.45, 7) is -0.420. The van der Waals surface area contributed by atoms with Crippen molar-refractivity contribution in [3.63, 3.8) is 0 Å². The second kappa shape index (κ2) is 7.53. The zero-order valence-corrected chi connectivity index (χ0v) is 15.2. The number of aliphatic hydroxyl groups is 3. The van der Waals surface area contributed by atoms with Crippen LogP contribution in [-0.2, 0) is 16.8 Å². The van der Waals surface area contributed by atoms with Crippen LogP contribution in [0.1, 0.15) is 23.6 Å². The molecule has 1 aromatic carbocycles. The summed E-state index contributed by atoms with van der Waals surface area (Å²) in [6.07, 6.45) is -33.9. The Morgan fingerprint density at radius 2 is 0.636 bits per heavy atom. The number of rotatable bonds is 3. The van der Waals surface area contributed by atoms with Gasteiger partial charge in [0.1, 0.15) is 0 Å². The maximum atomic E-state index is 13.1. The van der Waals surface area contributed by atoms with Gasteiger partial charge in [0.05, 0.1) is 0 Å². The molecule has 1 rings (SSSR count). The Kier molecular flexibility index (Phi) is 6.63. The van der Waals surface area contributed by atoms with Crippen LogP contribution in [0.5, 0.6) is 0 Å². The predicted octanol–water partition coefficient (Wildman–Crippen LogP) is 5.08. The highest BCUT2D eigenvalue weighted by molar-refractivity contribution is 5.42. The van der Waals surface area contributed by atoms with E-state index in [0.29, 0.717) is 0 Å². The Morgan fingerprint density at radius 3 is 0.818 bits per heavy atom. The lowest BCUT2D eigenvalue weighted by Gasteiger charge is -2.37. The minimum absolute atomic E-state index is 0.420. The van der Waals surface area contributed by atoms with Crippen molar-refractivity contribution in [3.8, 4) is 0 Å². The van der Waals surface area contributed by atoms with Crippen LogP contribution in [-0.4, -0.2) is 46.2 Å². The molecule has 0 fully saturated rings. The Morgan fingerprint density at radius 1 is 0.424 bits per heavy atom. The van der Waals surface area contributed by atoms with E-state index in [1.165, 1.54) is 0 Å². The van der Waals surface area contributed by atoms with E-state index in [2.05, 4.69) is 0 Å². The van der Waals surface area contributed by atoms with E-state index in [1.54, 1.807) is 0 Å². The maximum absolute atomic E-state index is 13.1. The van der Waals surface area contributed by atoms with Crippen molar-refractivity contribution >= 4 is 0 Å². The molecular weight excluding hydrogens is 513 g/mol. The molecule has 1 aromatic rings. The van der Waals surface area contributed by atoms with Gasteiger partial charge in [-0.2, -0.15) is 65.9 Å². The van der Waals surface area contributed by atoms with E-state index in [9.17, 15) is 81.2 Å². The molecular formula is C15H9F15O3. The molecule has 0 amide bonds. The summed E-state index contributed by atoms with van der Waals surface area (Å²) in [4.78, 5) is 0. The normalized spacial score (nSPS) is 17.2. The summed E-state index contributed by atoms with van der Waals surface area (Å²) in [6, 6.07) is -3.14. The summed E-state index contributed by atoms with van der Waals surface area (Å²) >= 11 is 0. The molecule has 0 aliphatic rings. The van der Waals surface area contributed by atoms with Crippen LogP contribution >= 0.6 is 0 Å². The van der Waals surface area contributed by atoms with Crippen molar-refractivity contribution < 1.29 is 81.2 Å². The van der Waals surface area contributed by atoms with Gasteiger partial charge in [-0.05, 0) is 30.7 Å². The van der Waals surface area contributed by atoms with Gasteiger partial charge < -0.3 is 15.3 Å². The largest absolute Gasteiger partial charge is 0.430 e. The van der Waals surface area contributed by atoms with E-state index in [-0.39, 0.29) is 0 Å². The summed E-state index contributed by atoms with van der Waals surface area (Å²) < 4.78 is 196. The van der Waals surface area contributed by atoms with Gasteiger partial charge in [0.15, 0.2) is 5.60 Å². The van der Waals surface area contributed by atoms with Gasteiger partial charge in [0.25, 0.3) is 11.2 Å². The molecule has 1 unspecified atom stereocenters. The van der Waals surface area contributed by atoms with Crippen LogP contribution in [0.15, 0.2) is 18.2 Å². The lowest BCUT2D eigenvalue weighted by Crippen LogP contribution is -2.56. The Balaban J connectivity index is 4.34. The molecule has 0 saturated heterocycles. The molecule has 3 nitrogen and oxygen atoms in total. The molecule has 192 valence electrons. The first-order valence-corrected chi connectivity index (χ1v) is 7.74. The molecule has 1 atom stereocenters. The van der Waals surface area contributed by atoms with Crippen LogP contribution < -0.4 is 0 Å². The monoisotopic (exact) mass is 522 g/mol. The quantitative estimate of drug-likeness (QED) is 0.486. The van der Waals surface area contributed by atoms with Gasteiger partial charge in [-0.3, -0.25) is 0 Å². The molecule has 0 aromatic heterocycles. The number of alkyl halides is 15. The highest BCUT2D eigenvalue weighted by Crippen LogP contribution is 2.55. The van der Waals surface area contributed by atoms with Gasteiger partial charge in [-0.1, -0.05) is 0 Å². The standard InChI is InChI=1S/C15H9F15O3/c1-8(31,11(16,17)18)5-2-6(9(32,12(19,20)21)13(22,23)24)4-7(3-5)10(33,14(25,26)27)15(28,29)30/h2-4,31-33H,1H3. The van der Waals surface area contributed by atoms with Crippen molar-refractivity contribution in [1.82, 2.24) is 0 Å². The third-order valence-corrected chi connectivity index (χ3v) is 4.52. The zero-order chi connectivity index (χ0) is 26.9. The number of hydrogen-bond acceptors (Lipinski definition) is 3. The SMILES string of the molecule is CC(O)(c1cc(C(O)(C(F)(F)F)C(F)(F)F)cc(C(O)(C(F)(F)F)C(F)(F)F)c1)C(F)(F)F. The molecule has 0 radical (unpaired) electrons. The first kappa shape index (κ1) is 29.1. The Bertz CT molecular complexity index is 787. The summed E-state index contributed by atoms with van der Waals surface area (Å²) in [7, 11) is 0. The van der Waals surface area contributed by atoms with Gasteiger partial charge >= 0.3 is 30.9 Å². The van der Waals surface area contributed by atoms with Gasteiger partial charge in [-0.15, -0.1) is 0 Å². The number of benzene rings is 1. The van der Waals surface area contributed by atoms with Crippen LogP contribution in [0.4, 0.5) is 65.9 Å². The summed E-state index contributed by atoms with van der Waals surface area (Å²) in [5.41, 5.74) is -25.7. The molecule has 0 heterocycles. The first-order valence-electron chi connectivity index (χ1n) is 7.74. The van der Waals surface area contributed by atoms with E-state index >= 15 is 0 Å². The van der Waals surface area contributed by atoms with Gasteiger partial charge in [0, 0.05) is 11.1 Å². The molecule has 0 spiro atoms. The van der Waals surface area contributed by atoms with Crippen molar-refractivity contribution in [1.29, 1.82) is 0 Å².